The van der Waals surface area contributed by atoms with Gasteiger partial charge in [0.25, 0.3) is 0 Å². The molecule has 1 aliphatic heterocycles. The molecule has 27 heavy (non-hydrogen) atoms. The first-order chi connectivity index (χ1) is 13.1. The second kappa shape index (κ2) is 7.87. The molecule has 5 nitrogen and oxygen atoms in total. The molecular weight excluding hydrogens is 345 g/mol. The number of amides is 2. The fourth-order valence-corrected chi connectivity index (χ4v) is 4.24. The lowest BCUT2D eigenvalue weighted by Crippen LogP contribution is -2.51. The van der Waals surface area contributed by atoms with Crippen LogP contribution < -0.4 is 10.2 Å². The van der Waals surface area contributed by atoms with Crippen molar-refractivity contribution in [3.8, 4) is 0 Å². The van der Waals surface area contributed by atoms with Crippen molar-refractivity contribution < 1.29 is 14.0 Å². The van der Waals surface area contributed by atoms with Crippen LogP contribution in [0.5, 0.6) is 0 Å². The van der Waals surface area contributed by atoms with E-state index in [1.807, 2.05) is 4.90 Å². The maximum absolute atomic E-state index is 13.1. The fourth-order valence-electron chi connectivity index (χ4n) is 4.24. The van der Waals surface area contributed by atoms with E-state index in [0.29, 0.717) is 19.1 Å². The summed E-state index contributed by atoms with van der Waals surface area (Å²) < 4.78 is 13.1. The second-order valence-electron chi connectivity index (χ2n) is 8.12. The Bertz CT molecular complexity index is 673. The molecule has 1 aromatic carbocycles. The lowest BCUT2D eigenvalue weighted by Gasteiger charge is -2.38. The quantitative estimate of drug-likeness (QED) is 0.883. The summed E-state index contributed by atoms with van der Waals surface area (Å²) in [4.78, 5) is 29.2. The number of carbonyl (C=O) groups is 2. The van der Waals surface area contributed by atoms with Crippen molar-refractivity contribution >= 4 is 17.5 Å². The monoisotopic (exact) mass is 373 g/mol. The first-order valence-corrected chi connectivity index (χ1v) is 10.2. The van der Waals surface area contributed by atoms with Crippen LogP contribution in [-0.4, -0.2) is 48.9 Å². The van der Waals surface area contributed by atoms with E-state index in [1.165, 1.54) is 12.1 Å². The van der Waals surface area contributed by atoms with Crippen molar-refractivity contribution in [1.82, 2.24) is 10.2 Å². The van der Waals surface area contributed by atoms with Crippen molar-refractivity contribution in [2.75, 3.05) is 31.1 Å². The summed E-state index contributed by atoms with van der Waals surface area (Å²) in [7, 11) is 0. The van der Waals surface area contributed by atoms with Crippen LogP contribution in [0.3, 0.4) is 0 Å². The van der Waals surface area contributed by atoms with Crippen molar-refractivity contribution in [2.45, 2.75) is 44.6 Å². The predicted molar refractivity (Wildman–Crippen MR) is 102 cm³/mol. The zero-order valence-electron chi connectivity index (χ0n) is 15.7. The molecule has 0 spiro atoms. The molecule has 2 saturated carbocycles. The van der Waals surface area contributed by atoms with Crippen LogP contribution in [0.1, 0.15) is 38.5 Å². The van der Waals surface area contributed by atoms with Gasteiger partial charge in [0.2, 0.25) is 11.8 Å². The largest absolute Gasteiger partial charge is 0.368 e. The molecule has 3 aliphatic rings. The number of anilines is 1. The van der Waals surface area contributed by atoms with Gasteiger partial charge in [0, 0.05) is 49.7 Å². The maximum atomic E-state index is 13.1. The topological polar surface area (TPSA) is 52.7 Å². The Morgan fingerprint density at radius 1 is 0.852 bits per heavy atom. The molecule has 2 amide bonds. The smallest absolute Gasteiger partial charge is 0.225 e. The molecule has 1 N–H and O–H groups in total. The van der Waals surface area contributed by atoms with Crippen molar-refractivity contribution in [2.24, 2.45) is 11.8 Å². The summed E-state index contributed by atoms with van der Waals surface area (Å²) in [6.07, 6.45) is 5.52. The number of carbonyl (C=O) groups excluding carboxylic acids is 2. The Balaban J connectivity index is 1.23. The van der Waals surface area contributed by atoms with E-state index in [9.17, 15) is 14.0 Å². The van der Waals surface area contributed by atoms with Gasteiger partial charge in [0.05, 0.1) is 0 Å². The lowest BCUT2D eigenvalue weighted by atomic mass is 9.81. The zero-order chi connectivity index (χ0) is 18.8. The summed E-state index contributed by atoms with van der Waals surface area (Å²) in [6, 6.07) is 6.95. The normalized spacial score (nSPS) is 26.0. The van der Waals surface area contributed by atoms with Crippen molar-refractivity contribution in [3.63, 3.8) is 0 Å². The molecule has 0 bridgehead atoms. The molecule has 146 valence electrons. The predicted octanol–water partition coefficient (Wildman–Crippen LogP) is 2.56. The molecule has 1 aromatic rings. The van der Waals surface area contributed by atoms with Crippen molar-refractivity contribution in [3.05, 3.63) is 30.1 Å². The van der Waals surface area contributed by atoms with Crippen LogP contribution in [0.4, 0.5) is 10.1 Å². The van der Waals surface area contributed by atoms with Crippen LogP contribution in [0, 0.1) is 17.7 Å². The van der Waals surface area contributed by atoms with Crippen LogP contribution >= 0.6 is 0 Å². The van der Waals surface area contributed by atoms with Gasteiger partial charge < -0.3 is 15.1 Å². The fraction of sp³-hybridized carbons (Fsp3) is 0.619. The van der Waals surface area contributed by atoms with E-state index in [2.05, 4.69) is 10.2 Å². The van der Waals surface area contributed by atoms with E-state index in [1.54, 1.807) is 12.1 Å². The number of halogens is 1. The third-order valence-corrected chi connectivity index (χ3v) is 6.15. The minimum Gasteiger partial charge on any atom is -0.368 e. The Kier molecular flexibility index (Phi) is 5.32. The van der Waals surface area contributed by atoms with E-state index in [0.717, 1.165) is 57.3 Å². The standard InChI is InChI=1S/C21H28FN3O2/c22-17-5-9-19(10-6-17)24-11-13-25(14-12-24)21(27)16-3-1-15(2-4-16)20(26)23-18-7-8-18/h5-6,9-10,15-16,18H,1-4,7-8,11-14H2,(H,23,26). The van der Waals surface area contributed by atoms with Crippen LogP contribution in [0.25, 0.3) is 0 Å². The first-order valence-electron chi connectivity index (χ1n) is 10.2. The Morgan fingerprint density at radius 3 is 2.04 bits per heavy atom. The van der Waals surface area contributed by atoms with Gasteiger partial charge in [-0.15, -0.1) is 0 Å². The highest BCUT2D eigenvalue weighted by atomic mass is 19.1. The number of nitrogens with one attached hydrogen (secondary N) is 1. The van der Waals surface area contributed by atoms with Crippen LogP contribution in [0.2, 0.25) is 0 Å². The van der Waals surface area contributed by atoms with E-state index < -0.39 is 0 Å². The van der Waals surface area contributed by atoms with Gasteiger partial charge in [-0.2, -0.15) is 0 Å². The van der Waals surface area contributed by atoms with Crippen LogP contribution in [-0.2, 0) is 9.59 Å². The zero-order valence-corrected chi connectivity index (χ0v) is 15.7. The summed E-state index contributed by atoms with van der Waals surface area (Å²) >= 11 is 0. The summed E-state index contributed by atoms with van der Waals surface area (Å²) in [5, 5.41) is 3.09. The second-order valence-corrected chi connectivity index (χ2v) is 8.12. The summed E-state index contributed by atoms with van der Waals surface area (Å²) in [6.45, 7) is 2.96. The number of hydrogen-bond acceptors (Lipinski definition) is 3. The molecule has 0 radical (unpaired) electrons. The number of rotatable bonds is 4. The molecular formula is C21H28FN3O2. The highest BCUT2D eigenvalue weighted by Crippen LogP contribution is 2.31. The molecule has 1 heterocycles. The van der Waals surface area contributed by atoms with Gasteiger partial charge >= 0.3 is 0 Å². The van der Waals surface area contributed by atoms with Gasteiger partial charge in [0.15, 0.2) is 0 Å². The maximum Gasteiger partial charge on any atom is 0.225 e. The average Bonchev–Trinajstić information content (AvgIpc) is 3.52. The van der Waals surface area contributed by atoms with Gasteiger partial charge in [-0.05, 0) is 62.8 Å². The number of hydrogen-bond donors (Lipinski definition) is 1. The SMILES string of the molecule is O=C(NC1CC1)C1CCC(C(=O)N2CCN(c3ccc(F)cc3)CC2)CC1. The first kappa shape index (κ1) is 18.3. The molecule has 0 aromatic heterocycles. The molecule has 0 atom stereocenters. The van der Waals surface area contributed by atoms with Gasteiger partial charge in [0.1, 0.15) is 5.82 Å². The Morgan fingerprint density at radius 2 is 1.44 bits per heavy atom. The van der Waals surface area contributed by atoms with Gasteiger partial charge in [-0.25, -0.2) is 4.39 Å². The molecule has 1 saturated heterocycles. The number of piperazine rings is 1. The molecule has 4 rings (SSSR count). The Hall–Kier alpha value is -2.11. The third kappa shape index (κ3) is 4.42. The minimum atomic E-state index is -0.228. The van der Waals surface area contributed by atoms with Gasteiger partial charge in [-0.3, -0.25) is 9.59 Å². The van der Waals surface area contributed by atoms with Gasteiger partial charge in [-0.1, -0.05) is 0 Å². The average molecular weight is 373 g/mol. The molecule has 3 fully saturated rings. The number of nitrogens with zero attached hydrogens (tertiary/aromatic N) is 2. The van der Waals surface area contributed by atoms with Crippen molar-refractivity contribution in [1.29, 1.82) is 0 Å². The highest BCUT2D eigenvalue weighted by molar-refractivity contribution is 5.81. The van der Waals surface area contributed by atoms with E-state index >= 15 is 0 Å². The van der Waals surface area contributed by atoms with Crippen LogP contribution in [0.15, 0.2) is 24.3 Å². The third-order valence-electron chi connectivity index (χ3n) is 6.15. The Labute approximate surface area is 159 Å². The molecule has 0 unspecified atom stereocenters. The minimum absolute atomic E-state index is 0.0624. The lowest BCUT2D eigenvalue weighted by molar-refractivity contribution is -0.138. The summed E-state index contributed by atoms with van der Waals surface area (Å²) in [5.74, 6) is 0.359. The highest BCUT2D eigenvalue weighted by Gasteiger charge is 2.34. The summed E-state index contributed by atoms with van der Waals surface area (Å²) in [5.41, 5.74) is 1.01. The van der Waals surface area contributed by atoms with E-state index in [-0.39, 0.29) is 29.5 Å². The molecule has 2 aliphatic carbocycles. The number of benzene rings is 1. The van der Waals surface area contributed by atoms with E-state index in [4.69, 9.17) is 0 Å². The molecule has 6 heteroatoms.